The van der Waals surface area contributed by atoms with Crippen molar-refractivity contribution in [1.82, 2.24) is 5.32 Å². The molecular formula is C65H113N2O7P. The summed E-state index contributed by atoms with van der Waals surface area (Å²) in [6.07, 6.45) is 73.3. The number of carbonyl (C=O) groups excluding carboxylic acids is 2. The van der Waals surface area contributed by atoms with E-state index in [-0.39, 0.29) is 31.3 Å². The number of rotatable bonds is 53. The van der Waals surface area contributed by atoms with Gasteiger partial charge in [-0.2, -0.15) is 0 Å². The van der Waals surface area contributed by atoms with Gasteiger partial charge < -0.3 is 28.5 Å². The van der Waals surface area contributed by atoms with Crippen LogP contribution in [0.25, 0.3) is 0 Å². The molecule has 1 N–H and O–H groups in total. The van der Waals surface area contributed by atoms with E-state index >= 15 is 0 Å². The summed E-state index contributed by atoms with van der Waals surface area (Å²) in [6.45, 7) is 6.62. The largest absolute Gasteiger partial charge is 0.756 e. The topological polar surface area (TPSA) is 114 Å². The van der Waals surface area contributed by atoms with Crippen molar-refractivity contribution < 1.29 is 37.3 Å². The predicted molar refractivity (Wildman–Crippen MR) is 320 cm³/mol. The predicted octanol–water partition coefficient (Wildman–Crippen LogP) is 17.9. The minimum absolute atomic E-state index is 0.0378. The number of nitrogens with one attached hydrogen (secondary N) is 1. The van der Waals surface area contributed by atoms with E-state index in [1.165, 1.54) is 116 Å². The maximum Gasteiger partial charge on any atom is 0.306 e. The molecule has 0 bridgehead atoms. The van der Waals surface area contributed by atoms with Gasteiger partial charge in [-0.3, -0.25) is 14.2 Å². The quantitative estimate of drug-likeness (QED) is 0.0161. The summed E-state index contributed by atoms with van der Waals surface area (Å²) in [5.74, 6) is -0.602. The summed E-state index contributed by atoms with van der Waals surface area (Å²) in [7, 11) is 1.14. The van der Waals surface area contributed by atoms with Crippen molar-refractivity contribution in [3.63, 3.8) is 0 Å². The van der Waals surface area contributed by atoms with Crippen LogP contribution in [0.3, 0.4) is 0 Å². The third-order valence-electron chi connectivity index (χ3n) is 12.8. The molecule has 0 aromatic rings. The van der Waals surface area contributed by atoms with Crippen LogP contribution in [0.4, 0.5) is 0 Å². The highest BCUT2D eigenvalue weighted by Crippen LogP contribution is 2.38. The SMILES string of the molecule is CC\C=C/C=C/C=C/C=C\C=C\C=C\CCCCCC(=O)NC(COP(=O)([O-])OCC[N+](C)(C)C)C(/C=C/CCCCCCCCCCCCC)OC(=O)CCCCCCCCCCC/C=C\C/C=C\CCCCC. The molecule has 0 spiro atoms. The van der Waals surface area contributed by atoms with Crippen molar-refractivity contribution in [2.75, 3.05) is 40.9 Å². The highest BCUT2D eigenvalue weighted by molar-refractivity contribution is 7.45. The standard InChI is InChI=1S/C65H113N2O7P/c1-7-10-13-16-19-22-25-28-30-32-33-35-37-40-43-46-49-52-55-58-65(69)74-63(56-53-50-47-44-41-38-27-24-21-18-15-12-9-3)62(61-73-75(70,71)72-60-59-67(4,5)6)66-64(68)57-54-51-48-45-42-39-36-34-31-29-26-23-20-17-14-11-8-2/h11,14,17,19-20,22-23,26,28-31,34,36,39,42,53,56,62-63H,7-10,12-13,15-16,18,21,24-25,27,32-33,35,37-38,40-41,43-52,54-55,57-61H2,1-6H3,(H-,66,68,70,71)/b14-11-,20-17+,22-19-,26-23+,30-28-,31-29-,36-34+,42-39+,56-53+. The number of phosphoric acid groups is 1. The van der Waals surface area contributed by atoms with Gasteiger partial charge in [0.2, 0.25) is 5.91 Å². The lowest BCUT2D eigenvalue weighted by Crippen LogP contribution is -2.47. The number of allylic oxidation sites excluding steroid dienone is 17. The summed E-state index contributed by atoms with van der Waals surface area (Å²) in [5, 5.41) is 3.00. The van der Waals surface area contributed by atoms with Gasteiger partial charge in [0.1, 0.15) is 19.3 Å². The number of carbonyl (C=O) groups is 2. The van der Waals surface area contributed by atoms with E-state index in [1.54, 1.807) is 0 Å². The molecule has 0 aliphatic rings. The van der Waals surface area contributed by atoms with Gasteiger partial charge in [0.15, 0.2) is 0 Å². The van der Waals surface area contributed by atoms with Crippen LogP contribution in [0, 0.1) is 0 Å². The maximum atomic E-state index is 13.5. The lowest BCUT2D eigenvalue weighted by molar-refractivity contribution is -0.870. The Morgan fingerprint density at radius 1 is 0.493 bits per heavy atom. The normalized spacial score (nSPS) is 14.5. The molecule has 75 heavy (non-hydrogen) atoms. The third kappa shape index (κ3) is 55.2. The number of ether oxygens (including phenoxy) is 1. The van der Waals surface area contributed by atoms with Crippen molar-refractivity contribution in [2.45, 2.75) is 251 Å². The monoisotopic (exact) mass is 1060 g/mol. The van der Waals surface area contributed by atoms with Crippen molar-refractivity contribution in [3.05, 3.63) is 109 Å². The molecule has 0 aliphatic carbocycles. The first kappa shape index (κ1) is 71.7. The van der Waals surface area contributed by atoms with Gasteiger partial charge in [-0.05, 0) is 83.1 Å². The Morgan fingerprint density at radius 2 is 0.907 bits per heavy atom. The highest BCUT2D eigenvalue weighted by atomic mass is 31.2. The van der Waals surface area contributed by atoms with Crippen LogP contribution in [0.2, 0.25) is 0 Å². The number of hydrogen-bond donors (Lipinski definition) is 1. The van der Waals surface area contributed by atoms with E-state index in [2.05, 4.69) is 62.5 Å². The molecule has 0 fully saturated rings. The molecule has 3 unspecified atom stereocenters. The molecule has 3 atom stereocenters. The Bertz CT molecular complexity index is 1650. The zero-order valence-corrected chi connectivity index (χ0v) is 49.9. The van der Waals surface area contributed by atoms with Gasteiger partial charge in [-0.15, -0.1) is 0 Å². The lowest BCUT2D eigenvalue weighted by atomic mass is 10.0. The van der Waals surface area contributed by atoms with Gasteiger partial charge in [0.25, 0.3) is 7.82 Å². The summed E-state index contributed by atoms with van der Waals surface area (Å²) < 4.78 is 30.3. The second-order valence-corrected chi connectivity index (χ2v) is 22.7. The van der Waals surface area contributed by atoms with Crippen molar-refractivity contribution >= 4 is 19.7 Å². The molecule has 10 heteroatoms. The number of esters is 1. The molecule has 0 saturated heterocycles. The first-order valence-corrected chi connectivity index (χ1v) is 31.7. The minimum Gasteiger partial charge on any atom is -0.756 e. The van der Waals surface area contributed by atoms with E-state index in [0.29, 0.717) is 23.9 Å². The second-order valence-electron chi connectivity index (χ2n) is 21.3. The van der Waals surface area contributed by atoms with Crippen molar-refractivity contribution in [3.8, 4) is 0 Å². The smallest absolute Gasteiger partial charge is 0.306 e. The Kier molecular flexibility index (Phi) is 51.6. The van der Waals surface area contributed by atoms with Crippen LogP contribution in [0.1, 0.15) is 239 Å². The van der Waals surface area contributed by atoms with Crippen molar-refractivity contribution in [2.24, 2.45) is 0 Å². The molecule has 0 aromatic heterocycles. The number of likely N-dealkylation sites (N-methyl/N-ethyl adjacent to an activating group) is 1. The Balaban J connectivity index is 5.41. The molecule has 430 valence electrons. The van der Waals surface area contributed by atoms with Crippen LogP contribution < -0.4 is 10.2 Å². The third-order valence-corrected chi connectivity index (χ3v) is 13.8. The molecule has 0 aromatic carbocycles. The number of unbranched alkanes of at least 4 members (excludes halogenated alkanes) is 26. The number of hydrogen-bond acceptors (Lipinski definition) is 7. The molecule has 0 heterocycles. The van der Waals surface area contributed by atoms with E-state index in [9.17, 15) is 19.0 Å². The average molecular weight is 1070 g/mol. The van der Waals surface area contributed by atoms with Crippen LogP contribution in [-0.2, 0) is 27.9 Å². The molecule has 0 radical (unpaired) electrons. The van der Waals surface area contributed by atoms with E-state index in [1.807, 2.05) is 94.1 Å². The fourth-order valence-corrected chi connectivity index (χ4v) is 8.89. The van der Waals surface area contributed by atoms with E-state index in [4.69, 9.17) is 13.8 Å². The van der Waals surface area contributed by atoms with E-state index < -0.39 is 26.6 Å². The highest BCUT2D eigenvalue weighted by Gasteiger charge is 2.27. The fraction of sp³-hybridized carbons (Fsp3) is 0.692. The second kappa shape index (κ2) is 54.0. The molecule has 0 rings (SSSR count). The van der Waals surface area contributed by atoms with Crippen LogP contribution in [-0.4, -0.2) is 69.4 Å². The number of amides is 1. The summed E-state index contributed by atoms with van der Waals surface area (Å²) >= 11 is 0. The van der Waals surface area contributed by atoms with Gasteiger partial charge in [-0.1, -0.05) is 252 Å². The van der Waals surface area contributed by atoms with Gasteiger partial charge >= 0.3 is 5.97 Å². The fourth-order valence-electron chi connectivity index (χ4n) is 8.17. The molecule has 1 amide bonds. The summed E-state index contributed by atoms with van der Waals surface area (Å²) in [6, 6.07) is -0.920. The van der Waals surface area contributed by atoms with Crippen LogP contribution >= 0.6 is 7.82 Å². The first-order valence-electron chi connectivity index (χ1n) is 30.3. The first-order chi connectivity index (χ1) is 36.4. The molecular weight excluding hydrogens is 952 g/mol. The van der Waals surface area contributed by atoms with Gasteiger partial charge in [-0.25, -0.2) is 0 Å². The number of phosphoric ester groups is 1. The zero-order chi connectivity index (χ0) is 55.0. The van der Waals surface area contributed by atoms with Crippen LogP contribution in [0.15, 0.2) is 109 Å². The summed E-state index contributed by atoms with van der Waals surface area (Å²) in [4.78, 5) is 40.0. The Labute approximate surface area is 461 Å². The van der Waals surface area contributed by atoms with Crippen molar-refractivity contribution in [1.29, 1.82) is 0 Å². The minimum atomic E-state index is -4.72. The van der Waals surface area contributed by atoms with Gasteiger partial charge in [0.05, 0.1) is 33.8 Å². The average Bonchev–Trinajstić information content (AvgIpc) is 3.37. The lowest BCUT2D eigenvalue weighted by Gasteiger charge is -2.30. The molecule has 9 nitrogen and oxygen atoms in total. The number of nitrogens with zero attached hydrogens (tertiary/aromatic N) is 1. The summed E-state index contributed by atoms with van der Waals surface area (Å²) in [5.41, 5.74) is 0. The number of quaternary nitrogens is 1. The van der Waals surface area contributed by atoms with Gasteiger partial charge in [0, 0.05) is 12.8 Å². The van der Waals surface area contributed by atoms with E-state index in [0.717, 1.165) is 77.0 Å². The zero-order valence-electron chi connectivity index (χ0n) is 49.0. The maximum absolute atomic E-state index is 13.5. The molecule has 0 saturated carbocycles. The Hall–Kier alpha value is -3.33. The Morgan fingerprint density at radius 3 is 1.43 bits per heavy atom. The molecule has 0 aliphatic heterocycles. The van der Waals surface area contributed by atoms with Crippen LogP contribution in [0.5, 0.6) is 0 Å².